The third kappa shape index (κ3) is 5.65. The Morgan fingerprint density at radius 1 is 1.22 bits per heavy atom. The molecule has 100 valence electrons. The van der Waals surface area contributed by atoms with E-state index in [9.17, 15) is 9.59 Å². The number of ether oxygens (including phenoxy) is 2. The number of carbonyl (C=O) groups is 2. The minimum absolute atomic E-state index is 0.218. The van der Waals surface area contributed by atoms with E-state index in [2.05, 4.69) is 18.4 Å². The normalized spacial score (nSPS) is 12.9. The number of carbonyl (C=O) groups excluding carboxylic acids is 2. The molecule has 0 N–H and O–H groups in total. The lowest BCUT2D eigenvalue weighted by Gasteiger charge is -2.19. The van der Waals surface area contributed by atoms with Crippen LogP contribution in [-0.4, -0.2) is 31.1 Å². The van der Waals surface area contributed by atoms with Gasteiger partial charge in [-0.2, -0.15) is 0 Å². The Balaban J connectivity index is 5.12. The molecular weight excluding hydrogens is 232 g/mol. The van der Waals surface area contributed by atoms with Crippen LogP contribution in [0.4, 0.5) is 0 Å². The summed E-state index contributed by atoms with van der Waals surface area (Å²) in [5.41, 5.74) is 0.644. The van der Waals surface area contributed by atoms with Crippen molar-refractivity contribution < 1.29 is 19.1 Å². The largest absolute Gasteiger partial charge is 0.465 e. The summed E-state index contributed by atoms with van der Waals surface area (Å²) in [5.74, 6) is 3.56. The lowest BCUT2D eigenvalue weighted by Crippen LogP contribution is -2.36. The SMILES string of the molecule is C=C(C)C#C[C@H](OCC)[C@H](C(C)=O)C(=O)OCC. The Hall–Kier alpha value is -1.60. The van der Waals surface area contributed by atoms with Gasteiger partial charge in [0.2, 0.25) is 0 Å². The summed E-state index contributed by atoms with van der Waals surface area (Å²) < 4.78 is 10.2. The number of Topliss-reactive ketones (excluding diaryl/α,β-unsaturated/α-hetero) is 1. The third-order valence-corrected chi connectivity index (χ3v) is 2.06. The molecule has 0 fully saturated rings. The Labute approximate surface area is 108 Å². The van der Waals surface area contributed by atoms with Crippen LogP contribution in [0.15, 0.2) is 12.2 Å². The van der Waals surface area contributed by atoms with Gasteiger partial charge in [0.05, 0.1) is 6.61 Å². The predicted molar refractivity (Wildman–Crippen MR) is 68.8 cm³/mol. The first-order valence-corrected chi connectivity index (χ1v) is 5.89. The number of hydrogen-bond acceptors (Lipinski definition) is 4. The Bertz CT molecular complexity index is 373. The molecule has 0 aromatic carbocycles. The van der Waals surface area contributed by atoms with Crippen LogP contribution in [-0.2, 0) is 19.1 Å². The highest BCUT2D eigenvalue weighted by Crippen LogP contribution is 2.12. The van der Waals surface area contributed by atoms with Gasteiger partial charge < -0.3 is 9.47 Å². The third-order valence-electron chi connectivity index (χ3n) is 2.06. The van der Waals surface area contributed by atoms with Crippen LogP contribution in [0.25, 0.3) is 0 Å². The molecule has 0 amide bonds. The molecule has 0 aliphatic heterocycles. The second kappa shape index (κ2) is 8.48. The molecule has 4 nitrogen and oxygen atoms in total. The van der Waals surface area contributed by atoms with Crippen molar-refractivity contribution in [2.45, 2.75) is 33.8 Å². The van der Waals surface area contributed by atoms with E-state index in [1.165, 1.54) is 6.92 Å². The first-order valence-electron chi connectivity index (χ1n) is 5.89. The van der Waals surface area contributed by atoms with Gasteiger partial charge in [-0.05, 0) is 33.3 Å². The Morgan fingerprint density at radius 2 is 1.83 bits per heavy atom. The molecule has 0 radical (unpaired) electrons. The van der Waals surface area contributed by atoms with Gasteiger partial charge in [-0.25, -0.2) is 0 Å². The highest BCUT2D eigenvalue weighted by molar-refractivity contribution is 5.98. The summed E-state index contributed by atoms with van der Waals surface area (Å²) in [6, 6.07) is 0. The summed E-state index contributed by atoms with van der Waals surface area (Å²) in [7, 11) is 0. The fourth-order valence-corrected chi connectivity index (χ4v) is 1.33. The molecule has 0 saturated carbocycles. The van der Waals surface area contributed by atoms with Crippen molar-refractivity contribution in [2.24, 2.45) is 5.92 Å². The fraction of sp³-hybridized carbons (Fsp3) is 0.571. The van der Waals surface area contributed by atoms with Crippen LogP contribution >= 0.6 is 0 Å². The molecule has 0 bridgehead atoms. The second-order valence-corrected chi connectivity index (χ2v) is 3.77. The van der Waals surface area contributed by atoms with Crippen LogP contribution < -0.4 is 0 Å². The van der Waals surface area contributed by atoms with Crippen molar-refractivity contribution in [3.8, 4) is 11.8 Å². The minimum Gasteiger partial charge on any atom is -0.465 e. The van der Waals surface area contributed by atoms with Crippen molar-refractivity contribution in [3.05, 3.63) is 12.2 Å². The molecule has 4 heteroatoms. The summed E-state index contributed by atoms with van der Waals surface area (Å²) in [4.78, 5) is 23.3. The van der Waals surface area contributed by atoms with Gasteiger partial charge in [-0.15, -0.1) is 0 Å². The molecule has 0 rings (SSSR count). The summed E-state index contributed by atoms with van der Waals surface area (Å²) in [6.07, 6.45) is -0.789. The smallest absolute Gasteiger partial charge is 0.320 e. The van der Waals surface area contributed by atoms with Crippen molar-refractivity contribution >= 4 is 11.8 Å². The van der Waals surface area contributed by atoms with Crippen molar-refractivity contribution in [2.75, 3.05) is 13.2 Å². The van der Waals surface area contributed by atoms with E-state index in [0.717, 1.165) is 0 Å². The highest BCUT2D eigenvalue weighted by Gasteiger charge is 2.33. The number of hydrogen-bond donors (Lipinski definition) is 0. The van der Waals surface area contributed by atoms with Gasteiger partial charge in [-0.3, -0.25) is 9.59 Å². The monoisotopic (exact) mass is 252 g/mol. The lowest BCUT2D eigenvalue weighted by molar-refractivity contribution is -0.155. The molecule has 18 heavy (non-hydrogen) atoms. The molecule has 2 atom stereocenters. The maximum atomic E-state index is 11.7. The Kier molecular flexibility index (Phi) is 7.73. The van der Waals surface area contributed by atoms with Crippen LogP contribution in [0.2, 0.25) is 0 Å². The molecule has 0 aromatic heterocycles. The molecule has 0 heterocycles. The lowest BCUT2D eigenvalue weighted by atomic mass is 9.98. The minimum atomic E-state index is -1.00. The molecule has 0 aliphatic rings. The number of esters is 1. The van der Waals surface area contributed by atoms with Crippen molar-refractivity contribution in [3.63, 3.8) is 0 Å². The first-order chi connectivity index (χ1) is 8.43. The number of ketones is 1. The van der Waals surface area contributed by atoms with Crippen LogP contribution in [0, 0.1) is 17.8 Å². The zero-order valence-electron chi connectivity index (χ0n) is 11.4. The molecule has 0 aliphatic carbocycles. The molecule has 0 unspecified atom stereocenters. The zero-order valence-corrected chi connectivity index (χ0v) is 11.4. The van der Waals surface area contributed by atoms with Crippen LogP contribution in [0.5, 0.6) is 0 Å². The number of rotatable bonds is 6. The molecule has 0 spiro atoms. The fourth-order valence-electron chi connectivity index (χ4n) is 1.33. The predicted octanol–water partition coefficient (Wildman–Crippen LogP) is 1.74. The van der Waals surface area contributed by atoms with Gasteiger partial charge in [0.25, 0.3) is 0 Å². The standard InChI is InChI=1S/C14H20O4/c1-6-17-12(9-8-10(3)4)13(11(5)15)14(16)18-7-2/h12-13H,3,6-7H2,1-2,4-5H3/t12-,13-/m0/s1. The maximum Gasteiger partial charge on any atom is 0.320 e. The van der Waals surface area contributed by atoms with Crippen molar-refractivity contribution in [1.29, 1.82) is 0 Å². The van der Waals surface area contributed by atoms with Crippen LogP contribution in [0.3, 0.4) is 0 Å². The second-order valence-electron chi connectivity index (χ2n) is 3.77. The molecule has 0 aromatic rings. The van der Waals surface area contributed by atoms with E-state index in [1.807, 2.05) is 0 Å². The van der Waals surface area contributed by atoms with Gasteiger partial charge in [0, 0.05) is 6.61 Å². The summed E-state index contributed by atoms with van der Waals surface area (Å²) in [5, 5.41) is 0. The summed E-state index contributed by atoms with van der Waals surface area (Å²) in [6.45, 7) is 10.7. The zero-order chi connectivity index (χ0) is 14.1. The molecular formula is C14H20O4. The van der Waals surface area contributed by atoms with E-state index in [4.69, 9.17) is 9.47 Å². The van der Waals surface area contributed by atoms with Gasteiger partial charge in [0.1, 0.15) is 11.9 Å². The topological polar surface area (TPSA) is 52.6 Å². The van der Waals surface area contributed by atoms with E-state index in [-0.39, 0.29) is 12.4 Å². The quantitative estimate of drug-likeness (QED) is 0.410. The van der Waals surface area contributed by atoms with E-state index >= 15 is 0 Å². The van der Waals surface area contributed by atoms with Gasteiger partial charge in [0.15, 0.2) is 5.92 Å². The Morgan fingerprint density at radius 3 is 2.22 bits per heavy atom. The van der Waals surface area contributed by atoms with Gasteiger partial charge in [-0.1, -0.05) is 18.4 Å². The first kappa shape index (κ1) is 16.4. The number of allylic oxidation sites excluding steroid dienone is 1. The molecule has 0 saturated heterocycles. The maximum absolute atomic E-state index is 11.7. The summed E-state index contributed by atoms with van der Waals surface area (Å²) >= 11 is 0. The van der Waals surface area contributed by atoms with Gasteiger partial charge >= 0.3 is 5.97 Å². The van der Waals surface area contributed by atoms with Crippen LogP contribution in [0.1, 0.15) is 27.7 Å². The van der Waals surface area contributed by atoms with E-state index < -0.39 is 18.0 Å². The van der Waals surface area contributed by atoms with E-state index in [1.54, 1.807) is 20.8 Å². The van der Waals surface area contributed by atoms with Crippen molar-refractivity contribution in [1.82, 2.24) is 0 Å². The van der Waals surface area contributed by atoms with E-state index in [0.29, 0.717) is 12.2 Å². The average molecular weight is 252 g/mol. The highest BCUT2D eigenvalue weighted by atomic mass is 16.5. The average Bonchev–Trinajstić information content (AvgIpc) is 2.26.